The van der Waals surface area contributed by atoms with E-state index in [9.17, 15) is 14.9 Å². The van der Waals surface area contributed by atoms with E-state index >= 15 is 0 Å². The molecule has 0 saturated heterocycles. The van der Waals surface area contributed by atoms with Gasteiger partial charge in [-0.1, -0.05) is 47.7 Å². The van der Waals surface area contributed by atoms with E-state index in [1.165, 1.54) is 18.0 Å². The van der Waals surface area contributed by atoms with Crippen molar-refractivity contribution >= 4 is 35.0 Å². The number of carbonyl (C=O) groups excluding carboxylic acids is 2. The maximum atomic E-state index is 13.5. The van der Waals surface area contributed by atoms with E-state index in [0.717, 1.165) is 27.9 Å². The standard InChI is InChI=1S/C30H30N4O3S/c1-17-13-19(3)28(20(4)14-17)34-25(35)16-38-30-22(15-31)27(24-11-8-12-37-24)26(21(5)32-30)29(36)33-23-10-7-6-9-18(23)2/h6-14,27,32H,16H2,1-5H3,(H,33,36)(H,34,35). The summed E-state index contributed by atoms with van der Waals surface area (Å²) in [7, 11) is 0. The zero-order valence-electron chi connectivity index (χ0n) is 22.1. The first-order chi connectivity index (χ1) is 18.2. The highest BCUT2D eigenvalue weighted by Crippen LogP contribution is 2.41. The van der Waals surface area contributed by atoms with Crippen molar-refractivity contribution in [2.75, 3.05) is 16.4 Å². The lowest BCUT2D eigenvalue weighted by atomic mass is 9.85. The fourth-order valence-electron chi connectivity index (χ4n) is 4.66. The molecule has 2 aromatic carbocycles. The predicted molar refractivity (Wildman–Crippen MR) is 151 cm³/mol. The van der Waals surface area contributed by atoms with Crippen LogP contribution in [0.25, 0.3) is 0 Å². The van der Waals surface area contributed by atoms with Crippen LogP contribution in [0.1, 0.15) is 40.9 Å². The number of dihydropyridines is 1. The normalized spacial score (nSPS) is 15.1. The Kier molecular flexibility index (Phi) is 8.08. The van der Waals surface area contributed by atoms with Crippen molar-refractivity contribution in [2.24, 2.45) is 0 Å². The second-order valence-electron chi connectivity index (χ2n) is 9.35. The molecule has 0 bridgehead atoms. The highest BCUT2D eigenvalue weighted by atomic mass is 32.2. The summed E-state index contributed by atoms with van der Waals surface area (Å²) in [5.41, 5.74) is 6.84. The van der Waals surface area contributed by atoms with Gasteiger partial charge in [-0.25, -0.2) is 0 Å². The van der Waals surface area contributed by atoms with Crippen molar-refractivity contribution in [3.8, 4) is 6.07 Å². The number of aryl methyl sites for hydroxylation is 4. The van der Waals surface area contributed by atoms with E-state index in [-0.39, 0.29) is 17.6 Å². The molecule has 1 unspecified atom stereocenters. The Morgan fingerprint density at radius 2 is 1.71 bits per heavy atom. The Balaban J connectivity index is 1.59. The van der Waals surface area contributed by atoms with Crippen LogP contribution in [0.5, 0.6) is 0 Å². The minimum atomic E-state index is -0.715. The highest BCUT2D eigenvalue weighted by molar-refractivity contribution is 8.03. The number of para-hydroxylation sites is 1. The molecule has 8 heteroatoms. The molecule has 4 rings (SSSR count). The lowest BCUT2D eigenvalue weighted by Gasteiger charge is -2.28. The summed E-state index contributed by atoms with van der Waals surface area (Å²) in [5.74, 6) is -0.664. The summed E-state index contributed by atoms with van der Waals surface area (Å²) in [6.07, 6.45) is 1.52. The number of anilines is 2. The number of furan rings is 1. The summed E-state index contributed by atoms with van der Waals surface area (Å²) in [4.78, 5) is 26.4. The van der Waals surface area contributed by atoms with Crippen molar-refractivity contribution < 1.29 is 14.0 Å². The van der Waals surface area contributed by atoms with Gasteiger partial charge in [0.2, 0.25) is 5.91 Å². The molecule has 0 radical (unpaired) electrons. The zero-order chi connectivity index (χ0) is 27.4. The van der Waals surface area contributed by atoms with E-state index in [0.29, 0.717) is 33.3 Å². The van der Waals surface area contributed by atoms with Crippen LogP contribution >= 0.6 is 11.8 Å². The number of benzene rings is 2. The van der Waals surface area contributed by atoms with Crippen LogP contribution in [0.2, 0.25) is 0 Å². The number of hydrogen-bond donors (Lipinski definition) is 3. The second kappa shape index (κ2) is 11.4. The van der Waals surface area contributed by atoms with E-state index in [2.05, 4.69) is 22.0 Å². The van der Waals surface area contributed by atoms with E-state index in [1.807, 2.05) is 64.1 Å². The summed E-state index contributed by atoms with van der Waals surface area (Å²) in [6, 6.07) is 17.3. The van der Waals surface area contributed by atoms with Gasteiger partial charge in [0.05, 0.1) is 40.2 Å². The summed E-state index contributed by atoms with van der Waals surface area (Å²) < 4.78 is 5.68. The monoisotopic (exact) mass is 526 g/mol. The molecule has 2 amide bonds. The Labute approximate surface area is 227 Å². The fraction of sp³-hybridized carbons (Fsp3) is 0.233. The number of thioether (sulfide) groups is 1. The Morgan fingerprint density at radius 3 is 2.34 bits per heavy atom. The number of allylic oxidation sites excluding steroid dienone is 2. The molecular formula is C30H30N4O3S. The maximum Gasteiger partial charge on any atom is 0.254 e. The zero-order valence-corrected chi connectivity index (χ0v) is 22.9. The molecule has 0 fully saturated rings. The van der Waals surface area contributed by atoms with Crippen molar-refractivity contribution in [1.82, 2.24) is 5.32 Å². The van der Waals surface area contributed by atoms with Crippen LogP contribution in [0, 0.1) is 39.0 Å². The van der Waals surface area contributed by atoms with Crippen molar-refractivity contribution in [2.45, 2.75) is 40.5 Å². The molecule has 0 spiro atoms. The van der Waals surface area contributed by atoms with Crippen molar-refractivity contribution in [3.05, 3.63) is 105 Å². The van der Waals surface area contributed by atoms with Gasteiger partial charge in [0.15, 0.2) is 0 Å². The van der Waals surface area contributed by atoms with Gasteiger partial charge < -0.3 is 20.4 Å². The number of hydrogen-bond acceptors (Lipinski definition) is 6. The molecule has 1 aliphatic rings. The Hall–Kier alpha value is -4.22. The SMILES string of the molecule is CC1=C(C(=O)Nc2ccccc2C)C(c2ccco2)C(C#N)=C(SCC(=O)Nc2c(C)cc(C)cc2C)N1. The number of nitriles is 1. The second-order valence-corrected chi connectivity index (χ2v) is 10.3. The first-order valence-electron chi connectivity index (χ1n) is 12.2. The number of amides is 2. The molecule has 7 nitrogen and oxygen atoms in total. The topological polar surface area (TPSA) is 107 Å². The van der Waals surface area contributed by atoms with Crippen LogP contribution in [-0.4, -0.2) is 17.6 Å². The first-order valence-corrected chi connectivity index (χ1v) is 13.2. The molecule has 1 atom stereocenters. The van der Waals surface area contributed by atoms with Crippen LogP contribution in [0.4, 0.5) is 11.4 Å². The summed E-state index contributed by atoms with van der Waals surface area (Å²) >= 11 is 1.22. The Bertz CT molecular complexity index is 1470. The van der Waals surface area contributed by atoms with E-state index < -0.39 is 5.92 Å². The third-order valence-electron chi connectivity index (χ3n) is 6.40. The summed E-state index contributed by atoms with van der Waals surface area (Å²) in [5, 5.41) is 19.9. The smallest absolute Gasteiger partial charge is 0.254 e. The summed E-state index contributed by atoms with van der Waals surface area (Å²) in [6.45, 7) is 9.66. The van der Waals surface area contributed by atoms with Crippen LogP contribution in [0.15, 0.2) is 81.1 Å². The minimum absolute atomic E-state index is 0.0865. The fourth-order valence-corrected chi connectivity index (χ4v) is 5.55. The molecule has 0 aliphatic carbocycles. The lowest BCUT2D eigenvalue weighted by molar-refractivity contribution is -0.114. The number of nitrogens with zero attached hydrogens (tertiary/aromatic N) is 1. The molecule has 0 saturated carbocycles. The average molecular weight is 527 g/mol. The van der Waals surface area contributed by atoms with Crippen molar-refractivity contribution in [3.63, 3.8) is 0 Å². The van der Waals surface area contributed by atoms with Gasteiger partial charge in [-0.15, -0.1) is 0 Å². The number of nitrogens with one attached hydrogen (secondary N) is 3. The average Bonchev–Trinajstić information content (AvgIpc) is 3.40. The number of carbonyl (C=O) groups is 2. The molecular weight excluding hydrogens is 496 g/mol. The van der Waals surface area contributed by atoms with Gasteiger partial charge in [0, 0.05) is 17.1 Å². The molecule has 1 aliphatic heterocycles. The van der Waals surface area contributed by atoms with Crippen molar-refractivity contribution in [1.29, 1.82) is 5.26 Å². The quantitative estimate of drug-likeness (QED) is 0.337. The Morgan fingerprint density at radius 1 is 1.00 bits per heavy atom. The minimum Gasteiger partial charge on any atom is -0.468 e. The predicted octanol–water partition coefficient (Wildman–Crippen LogP) is 6.22. The molecule has 38 heavy (non-hydrogen) atoms. The van der Waals surface area contributed by atoms with Gasteiger partial charge in [0.1, 0.15) is 5.76 Å². The lowest BCUT2D eigenvalue weighted by Crippen LogP contribution is -2.31. The molecule has 3 aromatic rings. The van der Waals surface area contributed by atoms with Gasteiger partial charge in [-0.2, -0.15) is 5.26 Å². The largest absolute Gasteiger partial charge is 0.468 e. The third-order valence-corrected chi connectivity index (χ3v) is 7.42. The molecule has 2 heterocycles. The number of rotatable bonds is 7. The van der Waals surface area contributed by atoms with E-state index in [1.54, 1.807) is 19.1 Å². The molecule has 3 N–H and O–H groups in total. The highest BCUT2D eigenvalue weighted by Gasteiger charge is 2.36. The van der Waals surface area contributed by atoms with Crippen LogP contribution in [-0.2, 0) is 9.59 Å². The van der Waals surface area contributed by atoms with Gasteiger partial charge in [-0.05, 0) is 69.5 Å². The maximum absolute atomic E-state index is 13.5. The molecule has 194 valence electrons. The van der Waals surface area contributed by atoms with Crippen LogP contribution in [0.3, 0.4) is 0 Å². The third kappa shape index (κ3) is 5.68. The van der Waals surface area contributed by atoms with Gasteiger partial charge in [0.25, 0.3) is 5.91 Å². The van der Waals surface area contributed by atoms with Gasteiger partial charge >= 0.3 is 0 Å². The van der Waals surface area contributed by atoms with Gasteiger partial charge in [-0.3, -0.25) is 9.59 Å². The van der Waals surface area contributed by atoms with E-state index in [4.69, 9.17) is 4.42 Å². The van der Waals surface area contributed by atoms with Crippen LogP contribution < -0.4 is 16.0 Å². The molecule has 1 aromatic heterocycles. The first kappa shape index (κ1) is 26.8.